The van der Waals surface area contributed by atoms with Crippen LogP contribution in [0, 0.1) is 5.41 Å². The van der Waals surface area contributed by atoms with E-state index in [9.17, 15) is 8.42 Å². The van der Waals surface area contributed by atoms with Gasteiger partial charge in [0.05, 0.1) is 4.90 Å². The molecule has 2 N–H and O–H groups in total. The van der Waals surface area contributed by atoms with Crippen LogP contribution in [0.2, 0.25) is 5.02 Å². The molecule has 0 aromatic heterocycles. The summed E-state index contributed by atoms with van der Waals surface area (Å²) in [5.41, 5.74) is 0.959. The third-order valence-electron chi connectivity index (χ3n) is 3.71. The second-order valence-corrected chi connectivity index (χ2v) is 8.02. The quantitative estimate of drug-likeness (QED) is 0.848. The number of hydrogen-bond donors (Lipinski definition) is 2. The second-order valence-electron chi connectivity index (χ2n) is 5.90. The molecule has 0 spiro atoms. The molecular weight excluding hydrogens is 296 g/mol. The average molecular weight is 317 g/mol. The predicted molar refractivity (Wildman–Crippen MR) is 81.3 cm³/mol. The van der Waals surface area contributed by atoms with Crippen molar-refractivity contribution in [3.63, 3.8) is 0 Å². The summed E-state index contributed by atoms with van der Waals surface area (Å²) < 4.78 is 27.2. The molecule has 0 aliphatic heterocycles. The Labute approximate surface area is 126 Å². The molecule has 4 nitrogen and oxygen atoms in total. The van der Waals surface area contributed by atoms with E-state index in [1.165, 1.54) is 6.07 Å². The lowest BCUT2D eigenvalue weighted by Crippen LogP contribution is -2.28. The minimum Gasteiger partial charge on any atom is -0.313 e. The molecule has 1 saturated carbocycles. The van der Waals surface area contributed by atoms with Crippen molar-refractivity contribution in [2.24, 2.45) is 5.41 Å². The van der Waals surface area contributed by atoms with Crippen LogP contribution in [-0.2, 0) is 16.6 Å². The first-order valence-corrected chi connectivity index (χ1v) is 8.64. The fraction of sp³-hybridized carbons (Fsp3) is 0.571. The third kappa shape index (κ3) is 3.52. The summed E-state index contributed by atoms with van der Waals surface area (Å²) >= 11 is 6.15. The van der Waals surface area contributed by atoms with Gasteiger partial charge in [0.2, 0.25) is 10.0 Å². The summed E-state index contributed by atoms with van der Waals surface area (Å²) in [6, 6.07) is 4.91. The van der Waals surface area contributed by atoms with Crippen LogP contribution in [0.4, 0.5) is 0 Å². The van der Waals surface area contributed by atoms with E-state index in [1.54, 1.807) is 12.1 Å². The molecule has 6 heteroatoms. The van der Waals surface area contributed by atoms with E-state index in [1.807, 2.05) is 20.8 Å². The zero-order valence-corrected chi connectivity index (χ0v) is 13.6. The largest absolute Gasteiger partial charge is 0.313 e. The van der Waals surface area contributed by atoms with E-state index in [2.05, 4.69) is 10.0 Å². The molecule has 20 heavy (non-hydrogen) atoms. The molecule has 1 unspecified atom stereocenters. The van der Waals surface area contributed by atoms with E-state index in [0.29, 0.717) is 11.6 Å². The Morgan fingerprint density at radius 1 is 1.40 bits per heavy atom. The standard InChI is InChI=1S/C14H21ClN2O2S/c1-4-16-9-10-5-6-11(7-12(10)15)20(18,19)17-13-8-14(13,2)3/h5-7,13,16-17H,4,8-9H2,1-3H3. The van der Waals surface area contributed by atoms with Crippen molar-refractivity contribution >= 4 is 21.6 Å². The van der Waals surface area contributed by atoms with Gasteiger partial charge in [0, 0.05) is 17.6 Å². The van der Waals surface area contributed by atoms with Crippen molar-refractivity contribution in [3.05, 3.63) is 28.8 Å². The van der Waals surface area contributed by atoms with Crippen molar-refractivity contribution in [2.75, 3.05) is 6.54 Å². The fourth-order valence-electron chi connectivity index (χ4n) is 2.02. The van der Waals surface area contributed by atoms with Gasteiger partial charge in [-0.15, -0.1) is 0 Å². The van der Waals surface area contributed by atoms with E-state index in [0.717, 1.165) is 18.5 Å². The minimum atomic E-state index is -3.48. The number of halogens is 1. The molecule has 1 aromatic carbocycles. The summed E-state index contributed by atoms with van der Waals surface area (Å²) in [7, 11) is -3.48. The molecule has 1 aliphatic rings. The molecule has 0 amide bonds. The first-order valence-electron chi connectivity index (χ1n) is 6.78. The highest BCUT2D eigenvalue weighted by Crippen LogP contribution is 2.45. The van der Waals surface area contributed by atoms with E-state index in [-0.39, 0.29) is 16.4 Å². The summed E-state index contributed by atoms with van der Waals surface area (Å²) in [5.74, 6) is 0. The van der Waals surface area contributed by atoms with E-state index < -0.39 is 10.0 Å². The van der Waals surface area contributed by atoms with E-state index in [4.69, 9.17) is 11.6 Å². The molecule has 1 aromatic rings. The Bertz CT molecular complexity index is 599. The maximum absolute atomic E-state index is 12.3. The van der Waals surface area contributed by atoms with Gasteiger partial charge in [-0.05, 0) is 36.1 Å². The molecule has 0 saturated heterocycles. The highest BCUT2D eigenvalue weighted by molar-refractivity contribution is 7.89. The number of rotatable bonds is 6. The molecule has 0 radical (unpaired) electrons. The molecular formula is C14H21ClN2O2S. The zero-order chi connectivity index (χ0) is 15.0. The van der Waals surface area contributed by atoms with Crippen molar-refractivity contribution in [3.8, 4) is 0 Å². The molecule has 112 valence electrons. The summed E-state index contributed by atoms with van der Waals surface area (Å²) in [6.07, 6.45) is 0.873. The highest BCUT2D eigenvalue weighted by Gasteiger charge is 2.47. The normalized spacial score (nSPS) is 20.9. The number of hydrogen-bond acceptors (Lipinski definition) is 3. The van der Waals surface area contributed by atoms with Gasteiger partial charge in [0.25, 0.3) is 0 Å². The molecule has 1 atom stereocenters. The SMILES string of the molecule is CCNCc1ccc(S(=O)(=O)NC2CC2(C)C)cc1Cl. The predicted octanol–water partition coefficient (Wildman–Crippen LogP) is 2.53. The summed E-state index contributed by atoms with van der Waals surface area (Å²) in [4.78, 5) is 0.227. The lowest BCUT2D eigenvalue weighted by Gasteiger charge is -2.10. The van der Waals surface area contributed by atoms with Crippen LogP contribution >= 0.6 is 11.6 Å². The molecule has 0 bridgehead atoms. The van der Waals surface area contributed by atoms with Gasteiger partial charge in [0.1, 0.15) is 0 Å². The average Bonchev–Trinajstić information content (AvgIpc) is 2.93. The molecule has 2 rings (SSSR count). The highest BCUT2D eigenvalue weighted by atomic mass is 35.5. The Morgan fingerprint density at radius 2 is 2.05 bits per heavy atom. The van der Waals surface area contributed by atoms with Gasteiger partial charge in [-0.25, -0.2) is 13.1 Å². The smallest absolute Gasteiger partial charge is 0.240 e. The second kappa shape index (κ2) is 5.64. The van der Waals surface area contributed by atoms with E-state index >= 15 is 0 Å². The van der Waals surface area contributed by atoms with Crippen molar-refractivity contribution in [2.45, 2.75) is 44.7 Å². The Hall–Kier alpha value is -0.620. The Kier molecular flexibility index (Phi) is 4.44. The first-order chi connectivity index (χ1) is 9.26. The van der Waals surface area contributed by atoms with Gasteiger partial charge in [-0.3, -0.25) is 0 Å². The maximum Gasteiger partial charge on any atom is 0.240 e. The van der Waals surface area contributed by atoms with Crippen LogP contribution in [0.25, 0.3) is 0 Å². The van der Waals surface area contributed by atoms with Crippen LogP contribution in [0.5, 0.6) is 0 Å². The van der Waals surface area contributed by atoms with Gasteiger partial charge in [-0.2, -0.15) is 0 Å². The summed E-state index contributed by atoms with van der Waals surface area (Å²) in [6.45, 7) is 7.58. The Morgan fingerprint density at radius 3 is 2.55 bits per heavy atom. The van der Waals surface area contributed by atoms with Gasteiger partial charge >= 0.3 is 0 Å². The molecule has 0 heterocycles. The Balaban J connectivity index is 2.14. The van der Waals surface area contributed by atoms with Crippen molar-refractivity contribution in [1.82, 2.24) is 10.0 Å². The number of nitrogens with one attached hydrogen (secondary N) is 2. The lowest BCUT2D eigenvalue weighted by atomic mass is 10.2. The van der Waals surface area contributed by atoms with Gasteiger partial charge in [0.15, 0.2) is 0 Å². The van der Waals surface area contributed by atoms with Crippen molar-refractivity contribution in [1.29, 1.82) is 0 Å². The van der Waals surface area contributed by atoms with Crippen LogP contribution in [0.1, 0.15) is 32.8 Å². The van der Waals surface area contributed by atoms with Gasteiger partial charge in [-0.1, -0.05) is 38.4 Å². The van der Waals surface area contributed by atoms with Crippen LogP contribution in [0.15, 0.2) is 23.1 Å². The summed E-state index contributed by atoms with van der Waals surface area (Å²) in [5, 5.41) is 3.64. The van der Waals surface area contributed by atoms with Crippen LogP contribution in [0.3, 0.4) is 0 Å². The first kappa shape index (κ1) is 15.8. The lowest BCUT2D eigenvalue weighted by molar-refractivity contribution is 0.555. The number of sulfonamides is 1. The molecule has 1 fully saturated rings. The van der Waals surface area contributed by atoms with Crippen LogP contribution in [-0.4, -0.2) is 21.0 Å². The van der Waals surface area contributed by atoms with Crippen LogP contribution < -0.4 is 10.0 Å². The maximum atomic E-state index is 12.3. The zero-order valence-electron chi connectivity index (χ0n) is 12.0. The minimum absolute atomic E-state index is 0.0210. The number of benzene rings is 1. The monoisotopic (exact) mass is 316 g/mol. The topological polar surface area (TPSA) is 58.2 Å². The molecule has 1 aliphatic carbocycles. The van der Waals surface area contributed by atoms with Gasteiger partial charge < -0.3 is 5.32 Å². The fourth-order valence-corrected chi connectivity index (χ4v) is 3.77. The van der Waals surface area contributed by atoms with Crippen molar-refractivity contribution < 1.29 is 8.42 Å². The third-order valence-corrected chi connectivity index (χ3v) is 5.53.